The van der Waals surface area contributed by atoms with Crippen molar-refractivity contribution in [1.29, 1.82) is 0 Å². The lowest BCUT2D eigenvalue weighted by Gasteiger charge is -2.13. The molecule has 86 valence electrons. The molecular weight excluding hydrogens is 212 g/mol. The Balaban J connectivity index is 2.29. The zero-order valence-corrected chi connectivity index (χ0v) is 9.71. The second-order valence-corrected chi connectivity index (χ2v) is 3.86. The van der Waals surface area contributed by atoms with Crippen LogP contribution >= 0.6 is 0 Å². The Kier molecular flexibility index (Phi) is 3.60. The fraction of sp³-hybridized carbons (Fsp3) is 0.214. The van der Waals surface area contributed by atoms with Gasteiger partial charge in [-0.1, -0.05) is 37.3 Å². The maximum atomic E-state index is 12.3. The van der Waals surface area contributed by atoms with Crippen molar-refractivity contribution in [2.75, 3.05) is 0 Å². The minimum absolute atomic E-state index is 0.0827. The van der Waals surface area contributed by atoms with Crippen LogP contribution in [0.4, 0.5) is 0 Å². The van der Waals surface area contributed by atoms with Crippen molar-refractivity contribution in [2.24, 2.45) is 0 Å². The van der Waals surface area contributed by atoms with Crippen LogP contribution in [-0.2, 0) is 0 Å². The van der Waals surface area contributed by atoms with Crippen molar-refractivity contribution in [3.05, 3.63) is 60.2 Å². The first-order valence-corrected chi connectivity index (χ1v) is 5.67. The molecule has 1 aromatic heterocycles. The molecule has 0 fully saturated rings. The van der Waals surface area contributed by atoms with E-state index in [2.05, 4.69) is 9.97 Å². The molecular formula is C14H14N2O. The van der Waals surface area contributed by atoms with Crippen LogP contribution in [-0.4, -0.2) is 15.8 Å². The molecule has 1 heterocycles. The van der Waals surface area contributed by atoms with E-state index in [-0.39, 0.29) is 11.7 Å². The molecule has 0 saturated carbocycles. The van der Waals surface area contributed by atoms with E-state index in [4.69, 9.17) is 0 Å². The smallest absolute Gasteiger partial charge is 0.173 e. The van der Waals surface area contributed by atoms with Gasteiger partial charge in [0, 0.05) is 18.3 Å². The maximum Gasteiger partial charge on any atom is 0.173 e. The van der Waals surface area contributed by atoms with Crippen LogP contribution < -0.4 is 0 Å². The lowest BCUT2D eigenvalue weighted by molar-refractivity contribution is 0.0956. The van der Waals surface area contributed by atoms with Crippen molar-refractivity contribution in [1.82, 2.24) is 9.97 Å². The van der Waals surface area contributed by atoms with Gasteiger partial charge < -0.3 is 0 Å². The number of hydrogen-bond donors (Lipinski definition) is 0. The fourth-order valence-corrected chi connectivity index (χ4v) is 1.89. The van der Waals surface area contributed by atoms with Crippen LogP contribution in [0.1, 0.15) is 35.2 Å². The Morgan fingerprint density at radius 1 is 1.18 bits per heavy atom. The Hall–Kier alpha value is -2.03. The molecule has 3 heteroatoms. The highest BCUT2D eigenvalue weighted by molar-refractivity contribution is 6.00. The standard InChI is InChI=1S/C14H14N2O/c1-2-13(11-6-4-3-5-7-11)14(17)12-8-15-10-16-9-12/h3-10,13H,2H2,1H3. The summed E-state index contributed by atoms with van der Waals surface area (Å²) in [6.07, 6.45) is 5.35. The van der Waals surface area contributed by atoms with Crippen LogP contribution in [0, 0.1) is 0 Å². The van der Waals surface area contributed by atoms with Gasteiger partial charge in [0.05, 0.1) is 5.56 Å². The van der Waals surface area contributed by atoms with Crippen molar-refractivity contribution >= 4 is 5.78 Å². The highest BCUT2D eigenvalue weighted by Gasteiger charge is 2.20. The van der Waals surface area contributed by atoms with Crippen molar-refractivity contribution < 1.29 is 4.79 Å². The first kappa shape index (κ1) is 11.5. The summed E-state index contributed by atoms with van der Waals surface area (Å²) < 4.78 is 0. The summed E-state index contributed by atoms with van der Waals surface area (Å²) in [5.74, 6) is -0.0264. The molecule has 0 bridgehead atoms. The number of aromatic nitrogens is 2. The molecule has 0 radical (unpaired) electrons. The van der Waals surface area contributed by atoms with Gasteiger partial charge in [-0.05, 0) is 12.0 Å². The average molecular weight is 226 g/mol. The Bertz CT molecular complexity index is 482. The minimum atomic E-state index is -0.109. The predicted octanol–water partition coefficient (Wildman–Crippen LogP) is 2.85. The minimum Gasteiger partial charge on any atom is -0.293 e. The van der Waals surface area contributed by atoms with E-state index in [0.717, 1.165) is 12.0 Å². The Morgan fingerprint density at radius 2 is 1.82 bits per heavy atom. The van der Waals surface area contributed by atoms with E-state index < -0.39 is 0 Å². The number of benzene rings is 1. The van der Waals surface area contributed by atoms with Crippen LogP contribution in [0.3, 0.4) is 0 Å². The predicted molar refractivity (Wildman–Crippen MR) is 65.8 cm³/mol. The molecule has 1 aromatic carbocycles. The van der Waals surface area contributed by atoms with Gasteiger partial charge in [0.2, 0.25) is 0 Å². The molecule has 0 spiro atoms. The lowest BCUT2D eigenvalue weighted by Crippen LogP contribution is -2.12. The van der Waals surface area contributed by atoms with Crippen molar-refractivity contribution in [3.63, 3.8) is 0 Å². The number of rotatable bonds is 4. The average Bonchev–Trinajstić information content (AvgIpc) is 2.42. The van der Waals surface area contributed by atoms with Gasteiger partial charge in [-0.15, -0.1) is 0 Å². The molecule has 2 rings (SSSR count). The number of hydrogen-bond acceptors (Lipinski definition) is 3. The number of Topliss-reactive ketones (excluding diaryl/α,β-unsaturated/α-hetero) is 1. The van der Waals surface area contributed by atoms with E-state index in [1.165, 1.54) is 6.33 Å². The summed E-state index contributed by atoms with van der Waals surface area (Å²) in [7, 11) is 0. The highest BCUT2D eigenvalue weighted by Crippen LogP contribution is 2.23. The first-order chi connectivity index (χ1) is 8.33. The van der Waals surface area contributed by atoms with Gasteiger partial charge in [-0.3, -0.25) is 4.79 Å². The molecule has 2 aromatic rings. The summed E-state index contributed by atoms with van der Waals surface area (Å²) in [6, 6.07) is 9.82. The Labute approximate surface area is 101 Å². The third-order valence-corrected chi connectivity index (χ3v) is 2.77. The zero-order chi connectivity index (χ0) is 12.1. The Morgan fingerprint density at radius 3 is 2.41 bits per heavy atom. The molecule has 17 heavy (non-hydrogen) atoms. The molecule has 0 aliphatic carbocycles. The SMILES string of the molecule is CCC(C(=O)c1cncnc1)c1ccccc1. The summed E-state index contributed by atoms with van der Waals surface area (Å²) in [5, 5.41) is 0. The van der Waals surface area contributed by atoms with E-state index in [1.54, 1.807) is 12.4 Å². The van der Waals surface area contributed by atoms with E-state index in [9.17, 15) is 4.79 Å². The summed E-state index contributed by atoms with van der Waals surface area (Å²) in [6.45, 7) is 2.01. The fourth-order valence-electron chi connectivity index (χ4n) is 1.89. The second kappa shape index (κ2) is 5.34. The number of carbonyl (C=O) groups is 1. The van der Waals surface area contributed by atoms with Crippen molar-refractivity contribution in [3.8, 4) is 0 Å². The summed E-state index contributed by atoms with van der Waals surface area (Å²) in [4.78, 5) is 20.1. The molecule has 0 aliphatic rings. The maximum absolute atomic E-state index is 12.3. The molecule has 0 aliphatic heterocycles. The second-order valence-electron chi connectivity index (χ2n) is 3.86. The lowest BCUT2D eigenvalue weighted by atomic mass is 9.90. The van der Waals surface area contributed by atoms with E-state index >= 15 is 0 Å². The molecule has 3 nitrogen and oxygen atoms in total. The van der Waals surface area contributed by atoms with Gasteiger partial charge in [0.15, 0.2) is 5.78 Å². The monoisotopic (exact) mass is 226 g/mol. The normalized spacial score (nSPS) is 12.1. The molecule has 0 amide bonds. The van der Waals surface area contributed by atoms with E-state index in [0.29, 0.717) is 5.56 Å². The van der Waals surface area contributed by atoms with Gasteiger partial charge in [-0.2, -0.15) is 0 Å². The highest BCUT2D eigenvalue weighted by atomic mass is 16.1. The molecule has 1 unspecified atom stereocenters. The largest absolute Gasteiger partial charge is 0.293 e. The third kappa shape index (κ3) is 2.56. The third-order valence-electron chi connectivity index (χ3n) is 2.77. The topological polar surface area (TPSA) is 42.9 Å². The molecule has 0 saturated heterocycles. The quantitative estimate of drug-likeness (QED) is 0.753. The first-order valence-electron chi connectivity index (χ1n) is 5.67. The zero-order valence-electron chi connectivity index (χ0n) is 9.71. The summed E-state index contributed by atoms with van der Waals surface area (Å²) in [5.41, 5.74) is 1.62. The van der Waals surface area contributed by atoms with Crippen LogP contribution in [0.5, 0.6) is 0 Å². The van der Waals surface area contributed by atoms with Crippen LogP contribution in [0.25, 0.3) is 0 Å². The number of nitrogens with zero attached hydrogens (tertiary/aromatic N) is 2. The van der Waals surface area contributed by atoms with Gasteiger partial charge >= 0.3 is 0 Å². The van der Waals surface area contributed by atoms with Crippen LogP contribution in [0.2, 0.25) is 0 Å². The molecule has 0 N–H and O–H groups in total. The number of ketones is 1. The van der Waals surface area contributed by atoms with Crippen molar-refractivity contribution in [2.45, 2.75) is 19.3 Å². The van der Waals surface area contributed by atoms with Gasteiger partial charge in [-0.25, -0.2) is 9.97 Å². The van der Waals surface area contributed by atoms with Crippen LogP contribution in [0.15, 0.2) is 49.1 Å². The van der Waals surface area contributed by atoms with E-state index in [1.807, 2.05) is 37.3 Å². The van der Waals surface area contributed by atoms with Gasteiger partial charge in [0.1, 0.15) is 6.33 Å². The number of carbonyl (C=O) groups excluding carboxylic acids is 1. The molecule has 1 atom stereocenters. The summed E-state index contributed by atoms with van der Waals surface area (Å²) >= 11 is 0. The van der Waals surface area contributed by atoms with Gasteiger partial charge in [0.25, 0.3) is 0 Å².